The van der Waals surface area contributed by atoms with Crippen molar-refractivity contribution in [2.24, 2.45) is 12.8 Å². The quantitative estimate of drug-likeness (QED) is 0.486. The summed E-state index contributed by atoms with van der Waals surface area (Å²) in [6.45, 7) is 2.07. The van der Waals surface area contributed by atoms with Gasteiger partial charge in [-0.2, -0.15) is 0 Å². The first-order valence-electron chi connectivity index (χ1n) is 4.55. The molecule has 3 nitrogen and oxygen atoms in total. The number of nitrogens with two attached hydrogens (primary N) is 1. The van der Waals surface area contributed by atoms with Gasteiger partial charge in [-0.15, -0.1) is 0 Å². The van der Waals surface area contributed by atoms with Crippen LogP contribution in [0.15, 0.2) is 12.4 Å². The number of nitrogens with zero attached hydrogens (tertiary/aromatic N) is 1. The SMILES string of the molecule is CCC(N)c1[nH]cc[n+]1C.F[P-](F)(F)(F)(F)F. The summed E-state index contributed by atoms with van der Waals surface area (Å²) in [7, 11) is -8.67. The first kappa shape index (κ1) is 16.2. The van der Waals surface area contributed by atoms with Gasteiger partial charge in [0.15, 0.2) is 0 Å². The monoisotopic (exact) mass is 285 g/mol. The molecule has 0 saturated heterocycles. The molecule has 3 N–H and O–H groups in total. The summed E-state index contributed by atoms with van der Waals surface area (Å²) in [4.78, 5) is 3.09. The topological polar surface area (TPSA) is 45.7 Å². The van der Waals surface area contributed by atoms with Gasteiger partial charge in [-0.05, 0) is 6.42 Å². The van der Waals surface area contributed by atoms with E-state index in [1.165, 1.54) is 0 Å². The number of H-pyrrole nitrogens is 1. The number of aromatic amines is 1. The molecule has 1 aromatic heterocycles. The molecule has 1 heterocycles. The van der Waals surface area contributed by atoms with Crippen molar-refractivity contribution < 1.29 is 29.7 Å². The molecular weight excluding hydrogens is 271 g/mol. The van der Waals surface area contributed by atoms with Gasteiger partial charge in [-0.1, -0.05) is 6.92 Å². The zero-order valence-electron chi connectivity index (χ0n) is 9.18. The van der Waals surface area contributed by atoms with Crippen LogP contribution < -0.4 is 10.3 Å². The average molecular weight is 285 g/mol. The molecule has 1 aromatic rings. The normalized spacial score (nSPS) is 17.5. The number of halogens is 6. The fourth-order valence-electron chi connectivity index (χ4n) is 0.979. The third kappa shape index (κ3) is 11.4. The summed E-state index contributed by atoms with van der Waals surface area (Å²) in [6, 6.07) is 0.139. The molecule has 0 bridgehead atoms. The fourth-order valence-corrected chi connectivity index (χ4v) is 0.979. The summed E-state index contributed by atoms with van der Waals surface area (Å²) in [5.41, 5.74) is 5.79. The van der Waals surface area contributed by atoms with E-state index in [-0.39, 0.29) is 6.04 Å². The van der Waals surface area contributed by atoms with E-state index < -0.39 is 7.81 Å². The number of aromatic nitrogens is 2. The van der Waals surface area contributed by atoms with Crippen LogP contribution in [0.2, 0.25) is 0 Å². The first-order valence-corrected chi connectivity index (χ1v) is 6.58. The number of imidazole rings is 1. The molecule has 1 unspecified atom stereocenters. The number of nitrogens with one attached hydrogen (secondary N) is 1. The Hall–Kier alpha value is -0.820. The number of hydrogen-bond donors (Lipinski definition) is 2. The van der Waals surface area contributed by atoms with Crippen LogP contribution in [0.5, 0.6) is 0 Å². The van der Waals surface area contributed by atoms with E-state index in [0.29, 0.717) is 0 Å². The van der Waals surface area contributed by atoms with Crippen molar-refractivity contribution >= 4 is 7.81 Å². The molecule has 0 radical (unpaired) electrons. The molecule has 0 aliphatic carbocycles. The fraction of sp³-hybridized carbons (Fsp3) is 0.571. The number of hydrogen-bond acceptors (Lipinski definition) is 1. The number of rotatable bonds is 2. The molecule has 1 rings (SSSR count). The molecule has 0 fully saturated rings. The minimum atomic E-state index is -10.7. The molecule has 0 aliphatic rings. The summed E-state index contributed by atoms with van der Waals surface area (Å²) in [5.74, 6) is 1.09. The Morgan fingerprint density at radius 1 is 1.29 bits per heavy atom. The summed E-state index contributed by atoms with van der Waals surface area (Å²) < 4.78 is 61.2. The Morgan fingerprint density at radius 2 is 1.71 bits per heavy atom. The molecule has 0 spiro atoms. The van der Waals surface area contributed by atoms with Crippen molar-refractivity contribution in [1.29, 1.82) is 0 Å². The Bertz CT molecular complexity index is 357. The van der Waals surface area contributed by atoms with Gasteiger partial charge in [-0.25, -0.2) is 9.55 Å². The van der Waals surface area contributed by atoms with E-state index in [4.69, 9.17) is 5.73 Å². The number of aryl methyl sites for hydroxylation is 1. The second-order valence-electron chi connectivity index (χ2n) is 3.43. The van der Waals surface area contributed by atoms with Crippen LogP contribution in [0.1, 0.15) is 25.2 Å². The third-order valence-electron chi connectivity index (χ3n) is 1.70. The first-order chi connectivity index (χ1) is 7.20. The second kappa shape index (κ2) is 4.13. The van der Waals surface area contributed by atoms with Crippen molar-refractivity contribution in [3.05, 3.63) is 18.2 Å². The Morgan fingerprint density at radius 3 is 1.94 bits per heavy atom. The van der Waals surface area contributed by atoms with Crippen molar-refractivity contribution in [2.75, 3.05) is 0 Å². The van der Waals surface area contributed by atoms with Gasteiger partial charge in [0, 0.05) is 0 Å². The molecule has 0 aliphatic heterocycles. The van der Waals surface area contributed by atoms with Crippen molar-refractivity contribution in [1.82, 2.24) is 4.98 Å². The van der Waals surface area contributed by atoms with Crippen molar-refractivity contribution in [3.63, 3.8) is 0 Å². The van der Waals surface area contributed by atoms with Crippen molar-refractivity contribution in [2.45, 2.75) is 19.4 Å². The van der Waals surface area contributed by atoms with E-state index in [1.54, 1.807) is 0 Å². The maximum atomic E-state index is 9.87. The van der Waals surface area contributed by atoms with Crippen LogP contribution >= 0.6 is 7.81 Å². The predicted octanol–water partition coefficient (Wildman–Crippen LogP) is 3.63. The molecule has 104 valence electrons. The van der Waals surface area contributed by atoms with Gasteiger partial charge in [0.25, 0.3) is 5.82 Å². The van der Waals surface area contributed by atoms with Crippen LogP contribution in [-0.4, -0.2) is 4.98 Å². The summed E-state index contributed by atoms with van der Waals surface area (Å²) >= 11 is 0. The predicted molar refractivity (Wildman–Crippen MR) is 52.8 cm³/mol. The maximum absolute atomic E-state index is 10.7. The van der Waals surface area contributed by atoms with Gasteiger partial charge in [-0.3, -0.25) is 0 Å². The zero-order chi connectivity index (χ0) is 14.0. The average Bonchev–Trinajstić information content (AvgIpc) is 2.44. The van der Waals surface area contributed by atoms with E-state index in [9.17, 15) is 25.2 Å². The van der Waals surface area contributed by atoms with Crippen LogP contribution in [0, 0.1) is 0 Å². The van der Waals surface area contributed by atoms with E-state index in [1.807, 2.05) is 24.0 Å². The molecule has 0 amide bonds. The van der Waals surface area contributed by atoms with Crippen LogP contribution in [0.4, 0.5) is 25.2 Å². The van der Waals surface area contributed by atoms with Gasteiger partial charge >= 0.3 is 33.0 Å². The standard InChI is InChI=1S/C7H13N3.F6P/c1-3-6(8)7-9-4-5-10(7)2;1-7(2,3,4,5)6/h4-6H,3,8H2,1-2H3;/q;-1/p+1. The third-order valence-corrected chi connectivity index (χ3v) is 1.70. The van der Waals surface area contributed by atoms with E-state index in [2.05, 4.69) is 11.9 Å². The second-order valence-corrected chi connectivity index (χ2v) is 5.35. The zero-order valence-corrected chi connectivity index (χ0v) is 10.1. The van der Waals surface area contributed by atoms with Gasteiger partial charge in [0.05, 0.1) is 7.05 Å². The Labute approximate surface area is 93.9 Å². The molecule has 0 saturated carbocycles. The molecule has 0 aromatic carbocycles. The summed E-state index contributed by atoms with van der Waals surface area (Å²) in [6.07, 6.45) is 4.82. The molecule has 1 atom stereocenters. The van der Waals surface area contributed by atoms with Gasteiger partial charge < -0.3 is 5.73 Å². The van der Waals surface area contributed by atoms with Crippen molar-refractivity contribution in [3.8, 4) is 0 Å². The Balaban J connectivity index is 0.000000325. The van der Waals surface area contributed by atoms with Gasteiger partial charge in [0.1, 0.15) is 18.4 Å². The van der Waals surface area contributed by atoms with Crippen LogP contribution in [-0.2, 0) is 7.05 Å². The molecular formula is C7H14F6N3P. The van der Waals surface area contributed by atoms with Crippen LogP contribution in [0.3, 0.4) is 0 Å². The summed E-state index contributed by atoms with van der Waals surface area (Å²) in [5, 5.41) is 0. The van der Waals surface area contributed by atoms with E-state index in [0.717, 1.165) is 12.2 Å². The van der Waals surface area contributed by atoms with Crippen LogP contribution in [0.25, 0.3) is 0 Å². The van der Waals surface area contributed by atoms with E-state index >= 15 is 0 Å². The van der Waals surface area contributed by atoms with Gasteiger partial charge in [0.2, 0.25) is 0 Å². The Kier molecular flexibility index (Phi) is 3.93. The molecule has 10 heteroatoms. The molecule has 17 heavy (non-hydrogen) atoms. The minimum absolute atomic E-state index is 0.139.